The Labute approximate surface area is 91.6 Å². The number of β-amino-alcohol motifs (C(OH)–C–C–N with tert-alkyl or cyclic N) is 1. The van der Waals surface area contributed by atoms with Gasteiger partial charge in [0.25, 0.3) is 0 Å². The molecule has 1 rings (SSSR count). The van der Waals surface area contributed by atoms with Gasteiger partial charge in [-0.3, -0.25) is 4.79 Å². The van der Waals surface area contributed by atoms with Crippen LogP contribution in [0.5, 0.6) is 0 Å². The molecule has 2 N–H and O–H groups in total. The number of aliphatic hydroxyl groups is 1. The summed E-state index contributed by atoms with van der Waals surface area (Å²) in [5.74, 6) is 0.686. The molecule has 4 heteroatoms. The van der Waals surface area contributed by atoms with Crippen molar-refractivity contribution < 1.29 is 9.90 Å². The van der Waals surface area contributed by atoms with E-state index in [9.17, 15) is 9.90 Å². The predicted octanol–water partition coefficient (Wildman–Crippen LogP) is 0.214. The summed E-state index contributed by atoms with van der Waals surface area (Å²) in [6, 6.07) is -0.0512. The van der Waals surface area contributed by atoms with Crippen LogP contribution in [0.3, 0.4) is 0 Å². The minimum Gasteiger partial charge on any atom is -0.390 e. The van der Waals surface area contributed by atoms with E-state index in [0.29, 0.717) is 25.4 Å². The Balaban J connectivity index is 2.38. The molecular formula is C11H22N2O2. The number of rotatable bonds is 4. The third kappa shape index (κ3) is 3.47. The number of hydrogen-bond donors (Lipinski definition) is 2. The van der Waals surface area contributed by atoms with Gasteiger partial charge >= 0.3 is 0 Å². The molecule has 0 aromatic heterocycles. The molecule has 2 atom stereocenters. The summed E-state index contributed by atoms with van der Waals surface area (Å²) in [6.07, 6.45) is 1.08. The first kappa shape index (κ1) is 12.5. The second-order valence-electron chi connectivity index (χ2n) is 4.73. The highest BCUT2D eigenvalue weighted by atomic mass is 16.3. The van der Waals surface area contributed by atoms with Crippen LogP contribution >= 0.6 is 0 Å². The molecule has 1 aliphatic rings. The van der Waals surface area contributed by atoms with Gasteiger partial charge in [-0.2, -0.15) is 0 Å². The molecule has 0 saturated carbocycles. The largest absolute Gasteiger partial charge is 0.390 e. The zero-order valence-electron chi connectivity index (χ0n) is 9.86. The lowest BCUT2D eigenvalue weighted by Crippen LogP contribution is -2.44. The second-order valence-corrected chi connectivity index (χ2v) is 4.73. The second kappa shape index (κ2) is 5.47. The molecule has 0 radical (unpaired) electrons. The van der Waals surface area contributed by atoms with Gasteiger partial charge in [0.15, 0.2) is 0 Å². The van der Waals surface area contributed by atoms with Gasteiger partial charge in [-0.1, -0.05) is 13.8 Å². The Hall–Kier alpha value is -0.610. The molecule has 1 heterocycles. The van der Waals surface area contributed by atoms with Crippen molar-refractivity contribution in [2.75, 3.05) is 20.1 Å². The average molecular weight is 214 g/mol. The lowest BCUT2D eigenvalue weighted by molar-refractivity contribution is -0.133. The van der Waals surface area contributed by atoms with E-state index in [-0.39, 0.29) is 11.9 Å². The Morgan fingerprint density at radius 1 is 1.53 bits per heavy atom. The smallest absolute Gasteiger partial charge is 0.222 e. The van der Waals surface area contributed by atoms with E-state index in [0.717, 1.165) is 6.42 Å². The molecule has 1 fully saturated rings. The van der Waals surface area contributed by atoms with Crippen molar-refractivity contribution in [2.45, 2.75) is 38.8 Å². The van der Waals surface area contributed by atoms with E-state index in [4.69, 9.17) is 0 Å². The van der Waals surface area contributed by atoms with Crippen LogP contribution in [0.15, 0.2) is 0 Å². The van der Waals surface area contributed by atoms with Crippen molar-refractivity contribution in [3.05, 3.63) is 0 Å². The lowest BCUT2D eigenvalue weighted by atomic mass is 10.1. The van der Waals surface area contributed by atoms with E-state index in [1.165, 1.54) is 0 Å². The normalized spacial score (nSPS) is 25.9. The van der Waals surface area contributed by atoms with Crippen molar-refractivity contribution in [2.24, 2.45) is 5.92 Å². The number of carbonyl (C=O) groups is 1. The van der Waals surface area contributed by atoms with Crippen LogP contribution < -0.4 is 5.32 Å². The van der Waals surface area contributed by atoms with Crippen LogP contribution in [0.1, 0.15) is 26.7 Å². The van der Waals surface area contributed by atoms with Gasteiger partial charge in [0, 0.05) is 26.6 Å². The molecule has 88 valence electrons. The van der Waals surface area contributed by atoms with E-state index in [1.807, 2.05) is 0 Å². The number of nitrogens with one attached hydrogen (secondary N) is 1. The van der Waals surface area contributed by atoms with Crippen molar-refractivity contribution in [3.8, 4) is 0 Å². The van der Waals surface area contributed by atoms with Gasteiger partial charge in [0.05, 0.1) is 12.1 Å². The highest BCUT2D eigenvalue weighted by Crippen LogP contribution is 2.11. The van der Waals surface area contributed by atoms with E-state index in [1.54, 1.807) is 11.9 Å². The summed E-state index contributed by atoms with van der Waals surface area (Å²) in [5.41, 5.74) is 0. The maximum Gasteiger partial charge on any atom is 0.222 e. The monoisotopic (exact) mass is 214 g/mol. The minimum atomic E-state index is -0.419. The molecule has 15 heavy (non-hydrogen) atoms. The maximum absolute atomic E-state index is 11.8. The van der Waals surface area contributed by atoms with Crippen LogP contribution in [0, 0.1) is 5.92 Å². The number of carbonyl (C=O) groups excluding carboxylic acids is 1. The van der Waals surface area contributed by atoms with Crippen molar-refractivity contribution >= 4 is 5.91 Å². The molecule has 1 aliphatic heterocycles. The number of nitrogens with zero attached hydrogens (tertiary/aromatic N) is 1. The van der Waals surface area contributed by atoms with Crippen LogP contribution in [0.25, 0.3) is 0 Å². The quantitative estimate of drug-likeness (QED) is 0.703. The first-order valence-corrected chi connectivity index (χ1v) is 5.66. The molecule has 4 nitrogen and oxygen atoms in total. The molecule has 1 amide bonds. The van der Waals surface area contributed by atoms with Gasteiger partial charge in [0.1, 0.15) is 0 Å². The Kier molecular flexibility index (Phi) is 4.54. The first-order chi connectivity index (χ1) is 7.02. The molecule has 0 spiro atoms. The summed E-state index contributed by atoms with van der Waals surface area (Å²) >= 11 is 0. The fraction of sp³-hybridized carbons (Fsp3) is 0.909. The standard InChI is InChI=1S/C11H22N2O2/c1-8(2)4-5-11(15)13(3)9-6-12-7-10(9)14/h8-10,12,14H,4-7H2,1-3H3/t9-,10-/m0/s1. The maximum atomic E-state index is 11.8. The lowest BCUT2D eigenvalue weighted by Gasteiger charge is -2.26. The fourth-order valence-corrected chi connectivity index (χ4v) is 1.82. The van der Waals surface area contributed by atoms with Gasteiger partial charge in [-0.25, -0.2) is 0 Å². The number of likely N-dealkylation sites (N-methyl/N-ethyl adjacent to an activating group) is 1. The zero-order chi connectivity index (χ0) is 11.4. The van der Waals surface area contributed by atoms with Crippen LogP contribution in [0.2, 0.25) is 0 Å². The summed E-state index contributed by atoms with van der Waals surface area (Å²) in [4.78, 5) is 13.5. The summed E-state index contributed by atoms with van der Waals surface area (Å²) < 4.78 is 0. The van der Waals surface area contributed by atoms with E-state index in [2.05, 4.69) is 19.2 Å². The van der Waals surface area contributed by atoms with Gasteiger partial charge in [0.2, 0.25) is 5.91 Å². The molecule has 0 unspecified atom stereocenters. The Morgan fingerprint density at radius 3 is 2.67 bits per heavy atom. The van der Waals surface area contributed by atoms with Crippen molar-refractivity contribution in [1.82, 2.24) is 10.2 Å². The summed E-state index contributed by atoms with van der Waals surface area (Å²) in [7, 11) is 1.78. The number of hydrogen-bond acceptors (Lipinski definition) is 3. The topological polar surface area (TPSA) is 52.6 Å². The molecular weight excluding hydrogens is 192 g/mol. The molecule has 0 bridgehead atoms. The molecule has 0 aliphatic carbocycles. The van der Waals surface area contributed by atoms with Crippen LogP contribution in [-0.2, 0) is 4.79 Å². The number of aliphatic hydroxyl groups excluding tert-OH is 1. The highest BCUT2D eigenvalue weighted by molar-refractivity contribution is 5.76. The molecule has 0 aromatic carbocycles. The SMILES string of the molecule is CC(C)CCC(=O)N(C)[C@H]1CNC[C@@H]1O. The third-order valence-electron chi connectivity index (χ3n) is 2.98. The van der Waals surface area contributed by atoms with Crippen molar-refractivity contribution in [3.63, 3.8) is 0 Å². The van der Waals surface area contributed by atoms with Gasteiger partial charge in [-0.05, 0) is 12.3 Å². The van der Waals surface area contributed by atoms with Crippen molar-refractivity contribution in [1.29, 1.82) is 0 Å². The first-order valence-electron chi connectivity index (χ1n) is 5.66. The van der Waals surface area contributed by atoms with Gasteiger partial charge < -0.3 is 15.3 Å². The zero-order valence-corrected chi connectivity index (χ0v) is 9.86. The Bertz CT molecular complexity index is 219. The van der Waals surface area contributed by atoms with E-state index < -0.39 is 6.10 Å². The molecule has 1 saturated heterocycles. The third-order valence-corrected chi connectivity index (χ3v) is 2.98. The van der Waals surface area contributed by atoms with Crippen LogP contribution in [0.4, 0.5) is 0 Å². The summed E-state index contributed by atoms with van der Waals surface area (Å²) in [5, 5.41) is 12.7. The highest BCUT2D eigenvalue weighted by Gasteiger charge is 2.30. The average Bonchev–Trinajstić information content (AvgIpc) is 2.59. The predicted molar refractivity (Wildman–Crippen MR) is 59.5 cm³/mol. The van der Waals surface area contributed by atoms with Gasteiger partial charge in [-0.15, -0.1) is 0 Å². The Morgan fingerprint density at radius 2 is 2.20 bits per heavy atom. The van der Waals surface area contributed by atoms with Crippen LogP contribution in [-0.4, -0.2) is 48.2 Å². The minimum absolute atomic E-state index is 0.0512. The fourth-order valence-electron chi connectivity index (χ4n) is 1.82. The van der Waals surface area contributed by atoms with E-state index >= 15 is 0 Å². The molecule has 0 aromatic rings. The number of amides is 1. The summed E-state index contributed by atoms with van der Waals surface area (Å²) in [6.45, 7) is 5.51.